The number of para-hydroxylation sites is 1. The molecule has 4 rings (SSSR count). The largest absolute Gasteiger partial charge is 0.355 e. The van der Waals surface area contributed by atoms with E-state index in [1.165, 1.54) is 24.3 Å². The van der Waals surface area contributed by atoms with Crippen LogP contribution in [0.2, 0.25) is 0 Å². The number of carbonyl (C=O) groups excluding carboxylic acids is 1. The van der Waals surface area contributed by atoms with Crippen molar-refractivity contribution < 1.29 is 22.5 Å². The molecule has 0 saturated heterocycles. The van der Waals surface area contributed by atoms with Gasteiger partial charge in [0.2, 0.25) is 9.84 Å². The third-order valence-electron chi connectivity index (χ3n) is 5.08. The summed E-state index contributed by atoms with van der Waals surface area (Å²) >= 11 is 0. The Bertz CT molecular complexity index is 1470. The van der Waals surface area contributed by atoms with Gasteiger partial charge in [0.15, 0.2) is 0 Å². The van der Waals surface area contributed by atoms with E-state index >= 15 is 0 Å². The van der Waals surface area contributed by atoms with Crippen molar-refractivity contribution in [1.29, 1.82) is 0 Å². The molecule has 7 nitrogen and oxygen atoms in total. The van der Waals surface area contributed by atoms with Crippen LogP contribution in [0.4, 0.5) is 21.5 Å². The Balaban J connectivity index is 1.59. The van der Waals surface area contributed by atoms with E-state index in [9.17, 15) is 27.7 Å². The molecule has 4 aromatic rings. The summed E-state index contributed by atoms with van der Waals surface area (Å²) < 4.78 is 38.6. The number of non-ortho nitro benzene ring substituents is 1. The maximum atomic E-state index is 13.2. The number of carbonyl (C=O) groups is 1. The van der Waals surface area contributed by atoms with Crippen LogP contribution >= 0.6 is 0 Å². The zero-order valence-corrected chi connectivity index (χ0v) is 18.3. The van der Waals surface area contributed by atoms with Crippen molar-refractivity contribution in [2.75, 3.05) is 5.32 Å². The first-order chi connectivity index (χ1) is 16.3. The van der Waals surface area contributed by atoms with Crippen LogP contribution in [0.3, 0.4) is 0 Å². The highest BCUT2D eigenvalue weighted by molar-refractivity contribution is 8.06. The van der Waals surface area contributed by atoms with E-state index in [0.29, 0.717) is 5.69 Å². The number of halogens is 1. The Labute approximate surface area is 194 Å². The lowest BCUT2D eigenvalue weighted by atomic mass is 10.0. The maximum Gasteiger partial charge on any atom is 0.281 e. The molecular formula is C25H17FN2O5S. The number of sulfone groups is 1. The van der Waals surface area contributed by atoms with Crippen LogP contribution in [0.1, 0.15) is 10.4 Å². The van der Waals surface area contributed by atoms with E-state index < -0.39 is 19.9 Å². The van der Waals surface area contributed by atoms with Gasteiger partial charge in [-0.15, -0.1) is 0 Å². The van der Waals surface area contributed by atoms with Crippen molar-refractivity contribution in [2.45, 2.75) is 4.90 Å². The van der Waals surface area contributed by atoms with Crippen LogP contribution in [0.25, 0.3) is 11.1 Å². The minimum Gasteiger partial charge on any atom is -0.355 e. The number of rotatable bonds is 6. The van der Waals surface area contributed by atoms with Crippen LogP contribution in [0.15, 0.2) is 102 Å². The second-order valence-electron chi connectivity index (χ2n) is 7.30. The highest BCUT2D eigenvalue weighted by Crippen LogP contribution is 2.31. The van der Waals surface area contributed by atoms with Gasteiger partial charge in [-0.25, -0.2) is 12.8 Å². The summed E-state index contributed by atoms with van der Waals surface area (Å²) in [7, 11) is -4.37. The number of nitrogens with one attached hydrogen (secondary N) is 1. The molecule has 0 unspecified atom stereocenters. The second kappa shape index (κ2) is 9.24. The van der Waals surface area contributed by atoms with Gasteiger partial charge in [0.25, 0.3) is 10.8 Å². The van der Waals surface area contributed by atoms with Crippen molar-refractivity contribution in [3.8, 4) is 11.1 Å². The normalized spacial score (nSPS) is 11.1. The number of nitrogens with zero attached hydrogens (tertiary/aromatic N) is 1. The maximum absolute atomic E-state index is 13.2. The van der Waals surface area contributed by atoms with E-state index in [-0.39, 0.29) is 22.0 Å². The van der Waals surface area contributed by atoms with E-state index in [1.54, 1.807) is 24.3 Å². The Morgan fingerprint density at radius 1 is 0.824 bits per heavy atom. The molecule has 0 aliphatic carbocycles. The molecule has 0 aliphatic heterocycles. The molecule has 0 bridgehead atoms. The molecule has 9 heteroatoms. The fourth-order valence-electron chi connectivity index (χ4n) is 3.33. The molecule has 0 fully saturated rings. The van der Waals surface area contributed by atoms with Gasteiger partial charge in [-0.2, -0.15) is 0 Å². The van der Waals surface area contributed by atoms with Crippen molar-refractivity contribution in [3.63, 3.8) is 0 Å². The van der Waals surface area contributed by atoms with Gasteiger partial charge < -0.3 is 5.32 Å². The minimum atomic E-state index is -4.37. The van der Waals surface area contributed by atoms with Crippen molar-refractivity contribution in [3.05, 3.63) is 119 Å². The Kier molecular flexibility index (Phi) is 6.20. The lowest BCUT2D eigenvalue weighted by molar-refractivity contribution is -0.384. The van der Waals surface area contributed by atoms with Crippen LogP contribution in [0, 0.1) is 15.9 Å². The smallest absolute Gasteiger partial charge is 0.281 e. The standard InChI is InChI=1S/C25H17FN2O5S/c26-19-9-11-20(12-10-19)27-24-4-2-1-3-23(24)17-5-7-18(8-6-17)25(29)34(32,33)22-15-13-21(14-16-22)28(30)31/h1-16,27H. The first-order valence-corrected chi connectivity index (χ1v) is 11.5. The Morgan fingerprint density at radius 2 is 1.44 bits per heavy atom. The number of nitro benzene ring substituents is 1. The molecule has 34 heavy (non-hydrogen) atoms. The predicted molar refractivity (Wildman–Crippen MR) is 126 cm³/mol. The van der Waals surface area contributed by atoms with Crippen LogP contribution in [-0.4, -0.2) is 18.5 Å². The number of hydrogen-bond donors (Lipinski definition) is 1. The monoisotopic (exact) mass is 476 g/mol. The fourth-order valence-corrected chi connectivity index (χ4v) is 4.48. The highest BCUT2D eigenvalue weighted by Gasteiger charge is 2.27. The van der Waals surface area contributed by atoms with Crippen LogP contribution in [0.5, 0.6) is 0 Å². The molecule has 0 aromatic heterocycles. The van der Waals surface area contributed by atoms with E-state index in [4.69, 9.17) is 0 Å². The summed E-state index contributed by atoms with van der Waals surface area (Å²) in [6.45, 7) is 0. The lowest BCUT2D eigenvalue weighted by Crippen LogP contribution is -2.15. The van der Waals surface area contributed by atoms with Gasteiger partial charge in [-0.1, -0.05) is 30.3 Å². The molecule has 170 valence electrons. The molecule has 0 amide bonds. The second-order valence-corrected chi connectivity index (χ2v) is 9.15. The topological polar surface area (TPSA) is 106 Å². The van der Waals surface area contributed by atoms with Gasteiger partial charge in [0, 0.05) is 34.6 Å². The van der Waals surface area contributed by atoms with Crippen LogP contribution in [-0.2, 0) is 9.84 Å². The molecule has 4 aromatic carbocycles. The number of benzene rings is 4. The summed E-state index contributed by atoms with van der Waals surface area (Å²) in [5.41, 5.74) is 2.65. The van der Waals surface area contributed by atoms with E-state index in [1.807, 2.05) is 24.3 Å². The quantitative estimate of drug-likeness (QED) is 0.280. The zero-order chi connectivity index (χ0) is 24.3. The van der Waals surface area contributed by atoms with Gasteiger partial charge in [-0.05, 0) is 60.2 Å². The average Bonchev–Trinajstić information content (AvgIpc) is 2.85. The van der Waals surface area contributed by atoms with Crippen LogP contribution < -0.4 is 5.32 Å². The number of anilines is 2. The van der Waals surface area contributed by atoms with Crippen molar-refractivity contribution in [2.24, 2.45) is 0 Å². The van der Waals surface area contributed by atoms with Crippen molar-refractivity contribution >= 4 is 32.0 Å². The summed E-state index contributed by atoms with van der Waals surface area (Å²) in [6.07, 6.45) is 0. The van der Waals surface area contributed by atoms with E-state index in [0.717, 1.165) is 41.1 Å². The predicted octanol–water partition coefficient (Wildman–Crippen LogP) is 5.76. The number of hydrogen-bond acceptors (Lipinski definition) is 6. The minimum absolute atomic E-state index is 0.0360. The Hall–Kier alpha value is -4.37. The van der Waals surface area contributed by atoms with E-state index in [2.05, 4.69) is 5.32 Å². The van der Waals surface area contributed by atoms with Gasteiger partial charge in [-0.3, -0.25) is 14.9 Å². The highest BCUT2D eigenvalue weighted by atomic mass is 32.2. The molecule has 0 radical (unpaired) electrons. The SMILES string of the molecule is O=C(c1ccc(-c2ccccc2Nc2ccc(F)cc2)cc1)S(=O)(=O)c1ccc([N+](=O)[O-])cc1. The fraction of sp³-hybridized carbons (Fsp3) is 0. The van der Waals surface area contributed by atoms with Gasteiger partial charge in [0.1, 0.15) is 5.82 Å². The third kappa shape index (κ3) is 4.69. The molecule has 0 aliphatic rings. The van der Waals surface area contributed by atoms with Crippen molar-refractivity contribution in [1.82, 2.24) is 0 Å². The van der Waals surface area contributed by atoms with Gasteiger partial charge >= 0.3 is 0 Å². The summed E-state index contributed by atoms with van der Waals surface area (Å²) in [4.78, 5) is 22.5. The number of nitro groups is 1. The molecule has 0 spiro atoms. The first kappa shape index (κ1) is 22.8. The third-order valence-corrected chi connectivity index (χ3v) is 6.70. The summed E-state index contributed by atoms with van der Waals surface area (Å²) in [5, 5.41) is 12.9. The summed E-state index contributed by atoms with van der Waals surface area (Å²) in [6, 6.07) is 23.5. The molecule has 0 atom stereocenters. The zero-order valence-electron chi connectivity index (χ0n) is 17.5. The average molecular weight is 476 g/mol. The summed E-state index contributed by atoms with van der Waals surface area (Å²) in [5.74, 6) is -0.345. The molecule has 0 saturated carbocycles. The molecular weight excluding hydrogens is 459 g/mol. The molecule has 1 N–H and O–H groups in total. The first-order valence-electron chi connectivity index (χ1n) is 10.0. The molecule has 0 heterocycles. The van der Waals surface area contributed by atoms with Gasteiger partial charge in [0.05, 0.1) is 9.82 Å². The Morgan fingerprint density at radius 3 is 2.06 bits per heavy atom. The lowest BCUT2D eigenvalue weighted by Gasteiger charge is -2.13.